The number of hydrogen-bond donors (Lipinski definition) is 0. The highest BCUT2D eigenvalue weighted by Crippen LogP contribution is 2.21. The Bertz CT molecular complexity index is 1740. The minimum Gasteiger partial charge on any atom is -0.268 e. The molecule has 35 heavy (non-hydrogen) atoms. The van der Waals surface area contributed by atoms with E-state index in [1.807, 2.05) is 34.9 Å². The zero-order valence-electron chi connectivity index (χ0n) is 19.9. The van der Waals surface area contributed by atoms with Crippen molar-refractivity contribution in [1.29, 1.82) is 0 Å². The van der Waals surface area contributed by atoms with Crippen molar-refractivity contribution in [3.8, 4) is 0 Å². The van der Waals surface area contributed by atoms with Crippen molar-refractivity contribution < 1.29 is 4.57 Å². The Balaban J connectivity index is 1.36. The number of fused-ring (bicyclic) bond motifs is 3. The fraction of sp³-hybridized carbons (Fsp3) is 0.333. The van der Waals surface area contributed by atoms with Crippen LogP contribution in [0.25, 0.3) is 28.6 Å². The predicted molar refractivity (Wildman–Crippen MR) is 128 cm³/mol. The maximum absolute atomic E-state index is 13.2. The fourth-order valence-electron chi connectivity index (χ4n) is 4.56. The van der Waals surface area contributed by atoms with E-state index in [9.17, 15) is 4.79 Å². The van der Waals surface area contributed by atoms with Gasteiger partial charge in [0.25, 0.3) is 0 Å². The first-order valence-electron chi connectivity index (χ1n) is 11.7. The minimum absolute atomic E-state index is 0.196. The second-order valence-corrected chi connectivity index (χ2v) is 8.86. The van der Waals surface area contributed by atoms with Gasteiger partial charge >= 0.3 is 11.3 Å². The van der Waals surface area contributed by atoms with E-state index in [-0.39, 0.29) is 5.56 Å². The second kappa shape index (κ2) is 8.19. The molecule has 11 heteroatoms. The first kappa shape index (κ1) is 21.3. The number of pyridine rings is 1. The third kappa shape index (κ3) is 3.50. The van der Waals surface area contributed by atoms with Crippen LogP contribution in [-0.4, -0.2) is 39.1 Å². The molecule has 5 aromatic heterocycles. The third-order valence-corrected chi connectivity index (χ3v) is 6.41. The van der Waals surface area contributed by atoms with Crippen molar-refractivity contribution in [2.45, 2.75) is 46.2 Å². The Morgan fingerprint density at radius 1 is 1.09 bits per heavy atom. The molecule has 0 radical (unpaired) electrons. The van der Waals surface area contributed by atoms with E-state index in [0.29, 0.717) is 29.2 Å². The molecule has 0 aliphatic carbocycles. The molecule has 11 nitrogen and oxygen atoms in total. The zero-order valence-corrected chi connectivity index (χ0v) is 19.9. The Morgan fingerprint density at radius 2 is 1.97 bits per heavy atom. The van der Waals surface area contributed by atoms with E-state index in [1.54, 1.807) is 23.7 Å². The Labute approximate surface area is 200 Å². The normalized spacial score (nSPS) is 12.9. The lowest BCUT2D eigenvalue weighted by molar-refractivity contribution is -0.679. The van der Waals surface area contributed by atoms with Gasteiger partial charge < -0.3 is 0 Å². The summed E-state index contributed by atoms with van der Waals surface area (Å²) in [6, 6.07) is 2.07. The van der Waals surface area contributed by atoms with Gasteiger partial charge in [0.15, 0.2) is 5.36 Å². The number of rotatable bonds is 7. The summed E-state index contributed by atoms with van der Waals surface area (Å²) in [7, 11) is 1.90. The van der Waals surface area contributed by atoms with Crippen LogP contribution >= 0.6 is 0 Å². The molecule has 1 aliphatic rings. The van der Waals surface area contributed by atoms with Crippen LogP contribution in [0.1, 0.15) is 48.8 Å². The van der Waals surface area contributed by atoms with Crippen LogP contribution in [0.2, 0.25) is 0 Å². The highest BCUT2D eigenvalue weighted by atomic mass is 16.1. The van der Waals surface area contributed by atoms with Crippen molar-refractivity contribution in [3.05, 3.63) is 69.2 Å². The van der Waals surface area contributed by atoms with Crippen molar-refractivity contribution in [1.82, 2.24) is 39.1 Å². The summed E-state index contributed by atoms with van der Waals surface area (Å²) in [6.45, 7) is 5.27. The summed E-state index contributed by atoms with van der Waals surface area (Å²) in [4.78, 5) is 22.4. The molecule has 0 saturated heterocycles. The van der Waals surface area contributed by atoms with Crippen LogP contribution in [0.4, 0.5) is 0 Å². The van der Waals surface area contributed by atoms with Gasteiger partial charge in [-0.25, -0.2) is 14.4 Å². The van der Waals surface area contributed by atoms with Gasteiger partial charge in [-0.3, -0.25) is 14.3 Å². The molecule has 176 valence electrons. The van der Waals surface area contributed by atoms with Crippen molar-refractivity contribution in [2.24, 2.45) is 12.0 Å². The number of aryl methyl sites for hydroxylation is 3. The van der Waals surface area contributed by atoms with Gasteiger partial charge in [-0.15, -0.1) is 4.40 Å². The zero-order chi connectivity index (χ0) is 24.1. The third-order valence-electron chi connectivity index (χ3n) is 6.41. The van der Waals surface area contributed by atoms with Gasteiger partial charge in [0.05, 0.1) is 36.7 Å². The smallest absolute Gasteiger partial charge is 0.268 e. The minimum atomic E-state index is -0.196. The molecular weight excluding hydrogens is 444 g/mol. The molecule has 1 aliphatic heterocycles. The van der Waals surface area contributed by atoms with Crippen molar-refractivity contribution >= 4 is 28.6 Å². The lowest BCUT2D eigenvalue weighted by Gasteiger charge is -2.04. The number of nitrogens with zero attached hydrogens (tertiary/aromatic N) is 10. The monoisotopic (exact) mass is 469 g/mol. The van der Waals surface area contributed by atoms with Crippen LogP contribution in [0.5, 0.6) is 0 Å². The summed E-state index contributed by atoms with van der Waals surface area (Å²) < 4.78 is 7.27. The molecular formula is C24H25N10O+. The Kier molecular flexibility index (Phi) is 4.97. The lowest BCUT2D eigenvalue weighted by Crippen LogP contribution is -2.50. The molecule has 0 atom stereocenters. The molecule has 0 fully saturated rings. The molecule has 5 aromatic rings. The molecule has 0 spiro atoms. The molecule has 0 unspecified atom stereocenters. The molecule has 0 amide bonds. The highest BCUT2D eigenvalue weighted by Gasteiger charge is 2.27. The van der Waals surface area contributed by atoms with Crippen LogP contribution in [0.3, 0.4) is 0 Å². The summed E-state index contributed by atoms with van der Waals surface area (Å²) in [5.74, 6) is 1.12. The second-order valence-electron chi connectivity index (χ2n) is 8.86. The van der Waals surface area contributed by atoms with Crippen LogP contribution in [0, 0.1) is 6.92 Å². The first-order chi connectivity index (χ1) is 17.0. The van der Waals surface area contributed by atoms with E-state index < -0.39 is 0 Å². The molecule has 0 aromatic carbocycles. The van der Waals surface area contributed by atoms with Crippen LogP contribution in [-0.2, 0) is 20.1 Å². The summed E-state index contributed by atoms with van der Waals surface area (Å²) >= 11 is 0. The SMILES string of the molecule is CCCCC[n+]1c2c(c(=O)n3c(C)nnc31)=NC(c1cnn(Cc3cnc4cnn(C)c4c3)c1)=C2. The molecule has 0 N–H and O–H groups in total. The number of hydrogen-bond acceptors (Lipinski definition) is 7. The predicted octanol–water partition coefficient (Wildman–Crippen LogP) is 1.25. The van der Waals surface area contributed by atoms with E-state index in [1.165, 1.54) is 0 Å². The van der Waals surface area contributed by atoms with Crippen molar-refractivity contribution in [3.63, 3.8) is 0 Å². The highest BCUT2D eigenvalue weighted by molar-refractivity contribution is 5.81. The van der Waals surface area contributed by atoms with Crippen molar-refractivity contribution in [2.75, 3.05) is 0 Å². The summed E-state index contributed by atoms with van der Waals surface area (Å²) in [6.07, 6.45) is 12.5. The molecule has 6 heterocycles. The fourth-order valence-corrected chi connectivity index (χ4v) is 4.56. The quantitative estimate of drug-likeness (QED) is 0.262. The maximum Gasteiger partial charge on any atom is 0.431 e. The van der Waals surface area contributed by atoms with Gasteiger partial charge in [-0.2, -0.15) is 10.2 Å². The van der Waals surface area contributed by atoms with E-state index >= 15 is 0 Å². The van der Waals surface area contributed by atoms with Gasteiger partial charge in [0.2, 0.25) is 5.82 Å². The van der Waals surface area contributed by atoms with E-state index in [0.717, 1.165) is 53.7 Å². The maximum atomic E-state index is 13.2. The topological polar surface area (TPSA) is 112 Å². The van der Waals surface area contributed by atoms with Crippen LogP contribution < -0.4 is 15.5 Å². The summed E-state index contributed by atoms with van der Waals surface area (Å²) in [5.41, 5.74) is 5.01. The molecule has 6 rings (SSSR count). The summed E-state index contributed by atoms with van der Waals surface area (Å²) in [5, 5.41) is 17.6. The lowest BCUT2D eigenvalue weighted by atomic mass is 10.2. The molecule has 0 bridgehead atoms. The average molecular weight is 470 g/mol. The Hall–Kier alpha value is -4.28. The Morgan fingerprint density at radius 3 is 2.83 bits per heavy atom. The van der Waals surface area contributed by atoms with Gasteiger partial charge in [-0.05, 0) is 23.1 Å². The standard InChI is InChI=1S/C24H25N10O/c1-4-5-6-7-33-21-9-18(28-22(21)23(35)34-15(2)29-30-24(33)34)17-11-27-32(14-17)13-16-8-20-19(25-10-16)12-26-31(20)3/h8-12,14H,4-7,13H2,1-3H3/q+1. The molecule has 0 saturated carbocycles. The van der Waals surface area contributed by atoms with E-state index in [4.69, 9.17) is 4.99 Å². The van der Waals surface area contributed by atoms with Gasteiger partial charge in [0.1, 0.15) is 11.2 Å². The largest absolute Gasteiger partial charge is 0.431 e. The van der Waals surface area contributed by atoms with E-state index in [2.05, 4.69) is 42.9 Å². The average Bonchev–Trinajstić information content (AvgIpc) is 3.63. The number of aromatic nitrogens is 9. The first-order valence-corrected chi connectivity index (χ1v) is 11.7. The van der Waals surface area contributed by atoms with Gasteiger partial charge in [0, 0.05) is 43.1 Å². The van der Waals surface area contributed by atoms with Gasteiger partial charge in [-0.1, -0.05) is 19.8 Å². The number of unbranched alkanes of at least 4 members (excludes halogenated alkanes) is 2. The van der Waals surface area contributed by atoms with Crippen LogP contribution in [0.15, 0.2) is 40.6 Å².